The van der Waals surface area contributed by atoms with E-state index in [2.05, 4.69) is 24.0 Å². The summed E-state index contributed by atoms with van der Waals surface area (Å²) in [5.41, 5.74) is 3.51. The quantitative estimate of drug-likeness (QED) is 0.525. The number of aliphatic imine (C=N–C) groups is 1. The van der Waals surface area contributed by atoms with E-state index >= 15 is 0 Å². The average Bonchev–Trinajstić information content (AvgIpc) is 3.09. The average molecular weight is 429 g/mol. The highest BCUT2D eigenvalue weighted by Gasteiger charge is 2.34. The van der Waals surface area contributed by atoms with E-state index in [9.17, 15) is 14.7 Å². The molecule has 1 amide bonds. The third-order valence-electron chi connectivity index (χ3n) is 4.82. The number of amides is 1. The lowest BCUT2D eigenvalue weighted by Gasteiger charge is -2.15. The van der Waals surface area contributed by atoms with Crippen LogP contribution in [0.2, 0.25) is 0 Å². The van der Waals surface area contributed by atoms with Gasteiger partial charge in [0.25, 0.3) is 5.91 Å². The van der Waals surface area contributed by atoms with Crippen LogP contribution in [0.1, 0.15) is 28.4 Å². The number of hydrogen-bond donors (Lipinski definition) is 1. The Balaban J connectivity index is 1.75. The number of aryl methyl sites for hydroxylation is 1. The summed E-state index contributed by atoms with van der Waals surface area (Å²) in [7, 11) is 0. The molecule has 6 heteroatoms. The van der Waals surface area contributed by atoms with Crippen LogP contribution >= 0.6 is 11.8 Å². The molecule has 0 spiro atoms. The van der Waals surface area contributed by atoms with Crippen LogP contribution in [0.4, 0.5) is 11.4 Å². The fourth-order valence-electron chi connectivity index (χ4n) is 3.17. The molecule has 31 heavy (non-hydrogen) atoms. The number of carboxylic acid groups (broad SMARTS) is 1. The second kappa shape index (κ2) is 9.02. The number of carbonyl (C=O) groups is 2. The normalized spacial score (nSPS) is 16.3. The second-order valence-corrected chi connectivity index (χ2v) is 7.94. The number of amidine groups is 1. The van der Waals surface area contributed by atoms with Crippen molar-refractivity contribution in [1.82, 2.24) is 0 Å². The number of rotatable bonds is 5. The van der Waals surface area contributed by atoms with Gasteiger partial charge in [-0.2, -0.15) is 0 Å². The standard InChI is InChI=1S/C25H20N2O3S/c1-2-17-11-13-18(14-12-17)15-22-23(28)27(21-9-4-3-5-10-21)25(31-22)26-20-8-6-7-19(16-20)24(29)30/h3-16H,2H2,1H3,(H,29,30)/b22-15-,26-25?. The molecular weight excluding hydrogens is 408 g/mol. The Hall–Kier alpha value is -3.64. The Labute approximate surface area is 184 Å². The predicted molar refractivity (Wildman–Crippen MR) is 126 cm³/mol. The number of carbonyl (C=O) groups excluding carboxylic acids is 1. The zero-order valence-corrected chi connectivity index (χ0v) is 17.7. The third kappa shape index (κ3) is 4.59. The van der Waals surface area contributed by atoms with Crippen molar-refractivity contribution in [2.45, 2.75) is 13.3 Å². The van der Waals surface area contributed by atoms with Crippen LogP contribution in [0, 0.1) is 0 Å². The maximum absolute atomic E-state index is 13.3. The molecule has 0 radical (unpaired) electrons. The Morgan fingerprint density at radius 1 is 1.03 bits per heavy atom. The lowest BCUT2D eigenvalue weighted by Crippen LogP contribution is -2.28. The molecule has 0 aromatic heterocycles. The van der Waals surface area contributed by atoms with Gasteiger partial charge >= 0.3 is 5.97 Å². The van der Waals surface area contributed by atoms with Gasteiger partial charge in [0.1, 0.15) is 0 Å². The van der Waals surface area contributed by atoms with E-state index in [1.54, 1.807) is 17.0 Å². The van der Waals surface area contributed by atoms with Gasteiger partial charge in [0.15, 0.2) is 5.17 Å². The summed E-state index contributed by atoms with van der Waals surface area (Å²) < 4.78 is 0. The lowest BCUT2D eigenvalue weighted by atomic mass is 10.1. The molecule has 1 aliphatic heterocycles. The first-order chi connectivity index (χ1) is 15.0. The molecule has 1 saturated heterocycles. The Bertz CT molecular complexity index is 1180. The van der Waals surface area contributed by atoms with Gasteiger partial charge in [0, 0.05) is 0 Å². The van der Waals surface area contributed by atoms with Crippen LogP contribution in [0.15, 0.2) is 88.8 Å². The van der Waals surface area contributed by atoms with Crippen LogP contribution in [0.5, 0.6) is 0 Å². The molecule has 1 N–H and O–H groups in total. The summed E-state index contributed by atoms with van der Waals surface area (Å²) >= 11 is 1.28. The first kappa shape index (κ1) is 20.6. The summed E-state index contributed by atoms with van der Waals surface area (Å²) in [6.07, 6.45) is 2.82. The number of aromatic carboxylic acids is 1. The maximum atomic E-state index is 13.3. The van der Waals surface area contributed by atoms with E-state index in [4.69, 9.17) is 0 Å². The fourth-order valence-corrected chi connectivity index (χ4v) is 4.17. The molecule has 1 aliphatic rings. The van der Waals surface area contributed by atoms with Crippen molar-refractivity contribution in [3.63, 3.8) is 0 Å². The minimum Gasteiger partial charge on any atom is -0.478 e. The molecule has 1 heterocycles. The molecule has 0 aliphatic carbocycles. The molecule has 0 atom stereocenters. The van der Waals surface area contributed by atoms with Crippen LogP contribution in [-0.4, -0.2) is 22.2 Å². The maximum Gasteiger partial charge on any atom is 0.335 e. The number of benzene rings is 3. The Morgan fingerprint density at radius 3 is 2.45 bits per heavy atom. The first-order valence-electron chi connectivity index (χ1n) is 9.85. The van der Waals surface area contributed by atoms with Crippen LogP contribution < -0.4 is 4.90 Å². The van der Waals surface area contributed by atoms with Crippen molar-refractivity contribution >= 4 is 46.3 Å². The molecule has 5 nitrogen and oxygen atoms in total. The number of anilines is 1. The van der Waals surface area contributed by atoms with E-state index in [1.165, 1.54) is 29.5 Å². The summed E-state index contributed by atoms with van der Waals surface area (Å²) in [4.78, 5) is 31.3. The number of thioether (sulfide) groups is 1. The zero-order chi connectivity index (χ0) is 21.8. The van der Waals surface area contributed by atoms with Gasteiger partial charge in [-0.05, 0) is 65.7 Å². The summed E-state index contributed by atoms with van der Waals surface area (Å²) in [6.45, 7) is 2.10. The number of para-hydroxylation sites is 1. The Kier molecular flexibility index (Phi) is 6.00. The molecule has 3 aromatic rings. The molecule has 0 unspecified atom stereocenters. The number of hydrogen-bond acceptors (Lipinski definition) is 4. The largest absolute Gasteiger partial charge is 0.478 e. The van der Waals surface area contributed by atoms with E-state index < -0.39 is 5.97 Å². The summed E-state index contributed by atoms with van der Waals surface area (Å²) in [5, 5.41) is 9.74. The van der Waals surface area contributed by atoms with E-state index in [-0.39, 0.29) is 11.5 Å². The topological polar surface area (TPSA) is 70.0 Å². The van der Waals surface area contributed by atoms with Gasteiger partial charge in [0.2, 0.25) is 0 Å². The van der Waals surface area contributed by atoms with Crippen molar-refractivity contribution in [2.24, 2.45) is 4.99 Å². The van der Waals surface area contributed by atoms with Crippen LogP contribution in [0.3, 0.4) is 0 Å². The van der Waals surface area contributed by atoms with Crippen molar-refractivity contribution in [3.8, 4) is 0 Å². The minimum absolute atomic E-state index is 0.147. The molecule has 0 bridgehead atoms. The fraction of sp³-hybridized carbons (Fsp3) is 0.0800. The van der Waals surface area contributed by atoms with Gasteiger partial charge in [-0.1, -0.05) is 55.5 Å². The van der Waals surface area contributed by atoms with E-state index in [1.807, 2.05) is 48.5 Å². The predicted octanol–water partition coefficient (Wildman–Crippen LogP) is 5.76. The lowest BCUT2D eigenvalue weighted by molar-refractivity contribution is -0.113. The first-order valence-corrected chi connectivity index (χ1v) is 10.7. The van der Waals surface area contributed by atoms with Crippen molar-refractivity contribution in [3.05, 3.63) is 100 Å². The van der Waals surface area contributed by atoms with E-state index in [0.717, 1.165) is 12.0 Å². The minimum atomic E-state index is -1.02. The molecule has 3 aromatic carbocycles. The SMILES string of the molecule is CCc1ccc(/C=C2\SC(=Nc3cccc(C(=O)O)c3)N(c3ccccc3)C2=O)cc1. The van der Waals surface area contributed by atoms with Crippen LogP contribution in [0.25, 0.3) is 6.08 Å². The number of carboxylic acids is 1. The van der Waals surface area contributed by atoms with Gasteiger partial charge < -0.3 is 5.11 Å². The molecular formula is C25H20N2O3S. The van der Waals surface area contributed by atoms with Crippen LogP contribution in [-0.2, 0) is 11.2 Å². The van der Waals surface area contributed by atoms with Crippen molar-refractivity contribution in [2.75, 3.05) is 4.90 Å². The van der Waals surface area contributed by atoms with E-state index in [0.29, 0.717) is 21.4 Å². The van der Waals surface area contributed by atoms with Gasteiger partial charge in [0.05, 0.1) is 21.8 Å². The summed E-state index contributed by atoms with van der Waals surface area (Å²) in [6, 6.07) is 23.8. The molecule has 0 saturated carbocycles. The van der Waals surface area contributed by atoms with Gasteiger partial charge in [-0.25, -0.2) is 9.79 Å². The monoisotopic (exact) mass is 428 g/mol. The zero-order valence-electron chi connectivity index (χ0n) is 16.9. The third-order valence-corrected chi connectivity index (χ3v) is 5.79. The smallest absolute Gasteiger partial charge is 0.335 e. The molecule has 4 rings (SSSR count). The molecule has 1 fully saturated rings. The Morgan fingerprint density at radius 2 is 1.77 bits per heavy atom. The van der Waals surface area contributed by atoms with Crippen molar-refractivity contribution < 1.29 is 14.7 Å². The summed E-state index contributed by atoms with van der Waals surface area (Å²) in [5.74, 6) is -1.18. The highest BCUT2D eigenvalue weighted by Crippen LogP contribution is 2.37. The van der Waals surface area contributed by atoms with Gasteiger partial charge in [-0.3, -0.25) is 9.69 Å². The second-order valence-electron chi connectivity index (χ2n) is 6.93. The number of nitrogens with zero attached hydrogens (tertiary/aromatic N) is 2. The van der Waals surface area contributed by atoms with Gasteiger partial charge in [-0.15, -0.1) is 0 Å². The highest BCUT2D eigenvalue weighted by molar-refractivity contribution is 8.19. The molecule has 154 valence electrons. The van der Waals surface area contributed by atoms with Crippen molar-refractivity contribution in [1.29, 1.82) is 0 Å². The highest BCUT2D eigenvalue weighted by atomic mass is 32.2.